The number of thioether (sulfide) groups is 1. The van der Waals surface area contributed by atoms with E-state index in [1.807, 2.05) is 0 Å². The van der Waals surface area contributed by atoms with Crippen LogP contribution in [0.25, 0.3) is 0 Å². The molecule has 2 amide bonds. The summed E-state index contributed by atoms with van der Waals surface area (Å²) in [6.07, 6.45) is 1.54. The number of rotatable bonds is 7. The molecule has 100 valence electrons. The van der Waals surface area contributed by atoms with Gasteiger partial charge in [0.05, 0.1) is 4.91 Å². The summed E-state index contributed by atoms with van der Waals surface area (Å²) in [4.78, 5) is 38.7. The largest absolute Gasteiger partial charge is 0.396 e. The lowest BCUT2D eigenvalue weighted by Crippen LogP contribution is -2.32. The molecule has 1 saturated heterocycles. The fourth-order valence-electron chi connectivity index (χ4n) is 1.26. The number of hydrogen-bond acceptors (Lipinski definition) is 6. The summed E-state index contributed by atoms with van der Waals surface area (Å²) < 4.78 is 0. The molecule has 0 aromatic rings. The molecule has 0 aromatic carbocycles. The van der Waals surface area contributed by atoms with E-state index in [0.717, 1.165) is 6.42 Å². The molecule has 0 saturated carbocycles. The normalized spacial score (nSPS) is 15.1. The van der Waals surface area contributed by atoms with Crippen molar-refractivity contribution in [3.8, 4) is 0 Å². The van der Waals surface area contributed by atoms with Gasteiger partial charge in [0.2, 0.25) is 0 Å². The molecule has 0 spiro atoms. The maximum Gasteiger partial charge on any atom is 0.369 e. The van der Waals surface area contributed by atoms with Crippen molar-refractivity contribution in [1.82, 2.24) is 5.06 Å². The average Bonchev–Trinajstić information content (AvgIpc) is 2.66. The molecule has 1 fully saturated rings. The topological polar surface area (TPSA) is 83.9 Å². The zero-order chi connectivity index (χ0) is 13.5. The van der Waals surface area contributed by atoms with Gasteiger partial charge in [0.15, 0.2) is 0 Å². The standard InChI is InChI=1S/C11H15NO5S/c1-8(18-7-3-2-6-13)11(16)17-12-9(14)4-5-10(12)15/h13H,1-7H2. The van der Waals surface area contributed by atoms with E-state index in [4.69, 9.17) is 5.11 Å². The smallest absolute Gasteiger partial charge is 0.369 e. The SMILES string of the molecule is C=C(SCCCCO)C(=O)ON1C(=O)CCC1=O. The number of unbranched alkanes of at least 4 members (excludes halogenated alkanes) is 1. The van der Waals surface area contributed by atoms with Gasteiger partial charge >= 0.3 is 5.97 Å². The van der Waals surface area contributed by atoms with Gasteiger partial charge in [-0.1, -0.05) is 6.58 Å². The summed E-state index contributed by atoms with van der Waals surface area (Å²) in [7, 11) is 0. The van der Waals surface area contributed by atoms with Gasteiger partial charge in [0.1, 0.15) is 0 Å². The third-order valence-corrected chi connectivity index (χ3v) is 3.24. The number of aliphatic hydroxyl groups is 1. The second-order valence-electron chi connectivity index (χ2n) is 3.66. The van der Waals surface area contributed by atoms with E-state index in [2.05, 4.69) is 11.4 Å². The van der Waals surface area contributed by atoms with E-state index >= 15 is 0 Å². The minimum Gasteiger partial charge on any atom is -0.396 e. The molecular weight excluding hydrogens is 258 g/mol. The van der Waals surface area contributed by atoms with Crippen LogP contribution < -0.4 is 0 Å². The van der Waals surface area contributed by atoms with Gasteiger partial charge in [0.25, 0.3) is 11.8 Å². The molecule has 0 unspecified atom stereocenters. The number of hydrogen-bond donors (Lipinski definition) is 1. The molecule has 6 nitrogen and oxygen atoms in total. The molecule has 1 N–H and O–H groups in total. The van der Waals surface area contributed by atoms with Crippen molar-refractivity contribution in [3.63, 3.8) is 0 Å². The molecule has 0 aliphatic carbocycles. The second-order valence-corrected chi connectivity index (χ2v) is 4.85. The summed E-state index contributed by atoms with van der Waals surface area (Å²) in [5, 5.41) is 9.09. The molecule has 1 aliphatic heterocycles. The number of imide groups is 1. The average molecular weight is 273 g/mol. The van der Waals surface area contributed by atoms with Gasteiger partial charge in [-0.2, -0.15) is 0 Å². The summed E-state index contributed by atoms with van der Waals surface area (Å²) in [6.45, 7) is 3.63. The Balaban J connectivity index is 2.33. The van der Waals surface area contributed by atoms with Crippen LogP contribution in [0.15, 0.2) is 11.5 Å². The maximum atomic E-state index is 11.5. The zero-order valence-electron chi connectivity index (χ0n) is 9.89. The highest BCUT2D eigenvalue weighted by molar-refractivity contribution is 8.03. The Morgan fingerprint density at radius 1 is 1.33 bits per heavy atom. The Labute approximate surface area is 109 Å². The van der Waals surface area contributed by atoms with Gasteiger partial charge in [-0.05, 0) is 18.6 Å². The molecule has 0 aromatic heterocycles. The Morgan fingerprint density at radius 3 is 2.50 bits per heavy atom. The predicted molar refractivity (Wildman–Crippen MR) is 65.1 cm³/mol. The van der Waals surface area contributed by atoms with E-state index in [1.165, 1.54) is 11.8 Å². The highest BCUT2D eigenvalue weighted by Gasteiger charge is 2.33. The number of carbonyl (C=O) groups excluding carboxylic acids is 3. The molecule has 18 heavy (non-hydrogen) atoms. The van der Waals surface area contributed by atoms with Crippen molar-refractivity contribution in [2.45, 2.75) is 25.7 Å². The Bertz CT molecular complexity index is 352. The predicted octanol–water partition coefficient (Wildman–Crippen LogP) is 0.613. The number of aliphatic hydroxyl groups excluding tert-OH is 1. The van der Waals surface area contributed by atoms with Crippen LogP contribution in [0.2, 0.25) is 0 Å². The highest BCUT2D eigenvalue weighted by atomic mass is 32.2. The van der Waals surface area contributed by atoms with E-state index in [1.54, 1.807) is 0 Å². The van der Waals surface area contributed by atoms with Crippen molar-refractivity contribution >= 4 is 29.5 Å². The Kier molecular flexibility index (Phi) is 5.87. The van der Waals surface area contributed by atoms with Gasteiger partial charge in [-0.15, -0.1) is 16.8 Å². The lowest BCUT2D eigenvalue weighted by atomic mass is 10.4. The maximum absolute atomic E-state index is 11.5. The van der Waals surface area contributed by atoms with Gasteiger partial charge in [-0.3, -0.25) is 9.59 Å². The molecular formula is C11H15NO5S. The summed E-state index contributed by atoms with van der Waals surface area (Å²) in [5.74, 6) is -1.18. The number of hydroxylamine groups is 2. The summed E-state index contributed by atoms with van der Waals surface area (Å²) in [5.41, 5.74) is 0. The van der Waals surface area contributed by atoms with Gasteiger partial charge in [-0.25, -0.2) is 4.79 Å². The zero-order valence-corrected chi connectivity index (χ0v) is 10.7. The second kappa shape index (κ2) is 7.17. The van der Waals surface area contributed by atoms with Gasteiger partial charge < -0.3 is 9.94 Å². The quantitative estimate of drug-likeness (QED) is 0.416. The molecule has 7 heteroatoms. The first-order valence-electron chi connectivity index (χ1n) is 5.57. The minimum atomic E-state index is -0.785. The first kappa shape index (κ1) is 14.7. The third-order valence-electron chi connectivity index (χ3n) is 2.24. The number of nitrogens with zero attached hydrogens (tertiary/aromatic N) is 1. The number of carbonyl (C=O) groups is 3. The summed E-state index contributed by atoms with van der Waals surface area (Å²) >= 11 is 1.18. The van der Waals surface area contributed by atoms with Crippen molar-refractivity contribution in [2.75, 3.05) is 12.4 Å². The van der Waals surface area contributed by atoms with Crippen LogP contribution in [-0.2, 0) is 19.2 Å². The monoisotopic (exact) mass is 273 g/mol. The molecule has 0 radical (unpaired) electrons. The Hall–Kier alpha value is -1.34. The summed E-state index contributed by atoms with van der Waals surface area (Å²) in [6, 6.07) is 0. The van der Waals surface area contributed by atoms with Gasteiger partial charge in [0, 0.05) is 19.4 Å². The molecule has 1 rings (SSSR count). The fourth-order valence-corrected chi connectivity index (χ4v) is 2.01. The highest BCUT2D eigenvalue weighted by Crippen LogP contribution is 2.19. The van der Waals surface area contributed by atoms with E-state index in [0.29, 0.717) is 17.2 Å². The van der Waals surface area contributed by atoms with Crippen molar-refractivity contribution < 1.29 is 24.3 Å². The van der Waals surface area contributed by atoms with Crippen molar-refractivity contribution in [1.29, 1.82) is 0 Å². The van der Waals surface area contributed by atoms with Crippen LogP contribution >= 0.6 is 11.8 Å². The fraction of sp³-hybridized carbons (Fsp3) is 0.545. The van der Waals surface area contributed by atoms with Crippen LogP contribution in [0.4, 0.5) is 0 Å². The van der Waals surface area contributed by atoms with Crippen LogP contribution in [0, 0.1) is 0 Å². The number of amides is 2. The van der Waals surface area contributed by atoms with E-state index < -0.39 is 17.8 Å². The van der Waals surface area contributed by atoms with Crippen LogP contribution in [0.1, 0.15) is 25.7 Å². The lowest BCUT2D eigenvalue weighted by molar-refractivity contribution is -0.193. The van der Waals surface area contributed by atoms with Crippen LogP contribution in [-0.4, -0.2) is 40.3 Å². The van der Waals surface area contributed by atoms with E-state index in [9.17, 15) is 14.4 Å². The van der Waals surface area contributed by atoms with Crippen LogP contribution in [0.5, 0.6) is 0 Å². The minimum absolute atomic E-state index is 0.0717. The third kappa shape index (κ3) is 4.15. The first-order chi connectivity index (χ1) is 8.56. The first-order valence-corrected chi connectivity index (χ1v) is 6.55. The Morgan fingerprint density at radius 2 is 1.94 bits per heavy atom. The van der Waals surface area contributed by atoms with E-state index in [-0.39, 0.29) is 24.4 Å². The molecule has 0 atom stereocenters. The molecule has 0 bridgehead atoms. The van der Waals surface area contributed by atoms with Crippen LogP contribution in [0.3, 0.4) is 0 Å². The van der Waals surface area contributed by atoms with Crippen molar-refractivity contribution in [3.05, 3.63) is 11.5 Å². The van der Waals surface area contributed by atoms with Crippen molar-refractivity contribution in [2.24, 2.45) is 0 Å². The molecule has 1 heterocycles. The lowest BCUT2D eigenvalue weighted by Gasteiger charge is -2.13. The molecule has 1 aliphatic rings.